The van der Waals surface area contributed by atoms with Gasteiger partial charge in [0.05, 0.1) is 17.4 Å². The van der Waals surface area contributed by atoms with Crippen molar-refractivity contribution < 1.29 is 17.6 Å². The third-order valence-electron chi connectivity index (χ3n) is 4.19. The van der Waals surface area contributed by atoms with Gasteiger partial charge in [-0.15, -0.1) is 0 Å². The van der Waals surface area contributed by atoms with Crippen LogP contribution in [0.2, 0.25) is 0 Å². The second-order valence-corrected chi connectivity index (χ2v) is 8.22. The lowest BCUT2D eigenvalue weighted by atomic mass is 10.0. The molecule has 0 unspecified atom stereocenters. The normalized spacial score (nSPS) is 20.7. The van der Waals surface area contributed by atoms with Gasteiger partial charge in [0.25, 0.3) is 0 Å². The molecule has 128 valence electrons. The van der Waals surface area contributed by atoms with Gasteiger partial charge in [-0.05, 0) is 24.1 Å². The van der Waals surface area contributed by atoms with Crippen LogP contribution in [0.1, 0.15) is 23.9 Å². The quantitative estimate of drug-likeness (QED) is 0.897. The molecule has 2 heterocycles. The molecule has 0 spiro atoms. The van der Waals surface area contributed by atoms with Gasteiger partial charge in [-0.3, -0.25) is 4.79 Å². The van der Waals surface area contributed by atoms with Gasteiger partial charge in [-0.25, -0.2) is 17.8 Å². The van der Waals surface area contributed by atoms with Crippen LogP contribution < -0.4 is 5.32 Å². The van der Waals surface area contributed by atoms with Crippen LogP contribution in [-0.2, 0) is 21.7 Å². The minimum Gasteiger partial charge on any atom is -0.342 e. The molecule has 1 amide bonds. The second-order valence-electron chi connectivity index (χ2n) is 5.99. The summed E-state index contributed by atoms with van der Waals surface area (Å²) in [6, 6.07) is 5.28. The molecule has 1 aliphatic rings. The zero-order valence-corrected chi connectivity index (χ0v) is 14.0. The molecule has 1 N–H and O–H groups in total. The Labute approximate surface area is 139 Å². The monoisotopic (exact) mass is 351 g/mol. The molecule has 2 aromatic rings. The Kier molecular flexibility index (Phi) is 4.40. The maximum Gasteiger partial charge on any atom is 0.225 e. The van der Waals surface area contributed by atoms with Crippen molar-refractivity contribution in [2.24, 2.45) is 13.0 Å². The number of halogens is 1. The smallest absolute Gasteiger partial charge is 0.225 e. The molecule has 1 fully saturated rings. The predicted octanol–water partition coefficient (Wildman–Crippen LogP) is 1.20. The molecular formula is C16H18FN3O3S. The number of aromatic nitrogens is 2. The number of imidazole rings is 1. The highest BCUT2D eigenvalue weighted by atomic mass is 32.2. The lowest BCUT2D eigenvalue weighted by molar-refractivity contribution is -0.124. The molecule has 1 saturated heterocycles. The Morgan fingerprint density at radius 2 is 2.25 bits per heavy atom. The Morgan fingerprint density at radius 1 is 1.46 bits per heavy atom. The van der Waals surface area contributed by atoms with Crippen molar-refractivity contribution in [3.05, 3.63) is 53.9 Å². The highest BCUT2D eigenvalue weighted by Gasteiger charge is 2.34. The van der Waals surface area contributed by atoms with Crippen LogP contribution in [0.4, 0.5) is 4.39 Å². The molecule has 1 aromatic carbocycles. The minimum atomic E-state index is -3.15. The van der Waals surface area contributed by atoms with E-state index in [1.54, 1.807) is 36.1 Å². The molecule has 8 heteroatoms. The van der Waals surface area contributed by atoms with E-state index in [1.807, 2.05) is 0 Å². The largest absolute Gasteiger partial charge is 0.342 e. The summed E-state index contributed by atoms with van der Waals surface area (Å²) in [6.45, 7) is 0. The SMILES string of the molecule is Cn1ccnc1[C@H](NC(=O)[C@@H]1CCS(=O)(=O)C1)c1cccc(F)c1. The Balaban J connectivity index is 1.89. The van der Waals surface area contributed by atoms with Crippen molar-refractivity contribution >= 4 is 15.7 Å². The first-order chi connectivity index (χ1) is 11.4. The number of rotatable bonds is 4. The molecule has 1 aliphatic heterocycles. The van der Waals surface area contributed by atoms with E-state index in [2.05, 4.69) is 10.3 Å². The van der Waals surface area contributed by atoms with E-state index < -0.39 is 27.6 Å². The third kappa shape index (κ3) is 3.48. The van der Waals surface area contributed by atoms with Crippen LogP contribution in [0.25, 0.3) is 0 Å². The lowest BCUT2D eigenvalue weighted by Gasteiger charge is -2.21. The maximum absolute atomic E-state index is 13.6. The van der Waals surface area contributed by atoms with Crippen LogP contribution in [-0.4, -0.2) is 35.4 Å². The molecule has 0 radical (unpaired) electrons. The van der Waals surface area contributed by atoms with Crippen molar-refractivity contribution in [3.63, 3.8) is 0 Å². The van der Waals surface area contributed by atoms with Gasteiger partial charge in [0, 0.05) is 19.4 Å². The fraction of sp³-hybridized carbons (Fsp3) is 0.375. The van der Waals surface area contributed by atoms with Gasteiger partial charge in [-0.2, -0.15) is 0 Å². The zero-order valence-electron chi connectivity index (χ0n) is 13.1. The van der Waals surface area contributed by atoms with E-state index in [4.69, 9.17) is 0 Å². The summed E-state index contributed by atoms with van der Waals surface area (Å²) in [6.07, 6.45) is 3.63. The van der Waals surface area contributed by atoms with Crippen LogP contribution >= 0.6 is 0 Å². The van der Waals surface area contributed by atoms with E-state index in [-0.39, 0.29) is 17.4 Å². The average molecular weight is 351 g/mol. The number of nitrogens with one attached hydrogen (secondary N) is 1. The number of carbonyl (C=O) groups excluding carboxylic acids is 1. The highest BCUT2D eigenvalue weighted by Crippen LogP contribution is 2.24. The third-order valence-corrected chi connectivity index (χ3v) is 5.96. The second kappa shape index (κ2) is 6.35. The Bertz CT molecular complexity index is 863. The first-order valence-corrected chi connectivity index (χ1v) is 9.41. The molecule has 1 aromatic heterocycles. The first-order valence-electron chi connectivity index (χ1n) is 7.59. The Morgan fingerprint density at radius 3 is 2.83 bits per heavy atom. The van der Waals surface area contributed by atoms with Gasteiger partial charge in [0.15, 0.2) is 9.84 Å². The van der Waals surface area contributed by atoms with E-state index in [0.717, 1.165) is 0 Å². The summed E-state index contributed by atoms with van der Waals surface area (Å²) in [4.78, 5) is 16.7. The fourth-order valence-electron chi connectivity index (χ4n) is 2.90. The van der Waals surface area contributed by atoms with E-state index in [9.17, 15) is 17.6 Å². The van der Waals surface area contributed by atoms with Crippen LogP contribution in [0.3, 0.4) is 0 Å². The number of sulfone groups is 1. The van der Waals surface area contributed by atoms with Gasteiger partial charge in [0.2, 0.25) is 5.91 Å². The number of amides is 1. The predicted molar refractivity (Wildman–Crippen MR) is 86.4 cm³/mol. The number of benzene rings is 1. The molecule has 24 heavy (non-hydrogen) atoms. The van der Waals surface area contributed by atoms with E-state index in [1.165, 1.54) is 12.1 Å². The number of hydrogen-bond acceptors (Lipinski definition) is 4. The van der Waals surface area contributed by atoms with Crippen molar-refractivity contribution in [2.45, 2.75) is 12.5 Å². The van der Waals surface area contributed by atoms with E-state index in [0.29, 0.717) is 17.8 Å². The lowest BCUT2D eigenvalue weighted by Crippen LogP contribution is -2.36. The van der Waals surface area contributed by atoms with Crippen molar-refractivity contribution in [1.82, 2.24) is 14.9 Å². The molecule has 0 saturated carbocycles. The van der Waals surface area contributed by atoms with Crippen LogP contribution in [0.15, 0.2) is 36.7 Å². The van der Waals surface area contributed by atoms with Gasteiger partial charge >= 0.3 is 0 Å². The summed E-state index contributed by atoms with van der Waals surface area (Å²) in [7, 11) is -1.37. The summed E-state index contributed by atoms with van der Waals surface area (Å²) >= 11 is 0. The molecule has 3 rings (SSSR count). The average Bonchev–Trinajstić information content (AvgIpc) is 3.10. The summed E-state index contributed by atoms with van der Waals surface area (Å²) in [5.41, 5.74) is 0.554. The fourth-order valence-corrected chi connectivity index (χ4v) is 4.64. The van der Waals surface area contributed by atoms with Crippen LogP contribution in [0.5, 0.6) is 0 Å². The van der Waals surface area contributed by atoms with Gasteiger partial charge in [-0.1, -0.05) is 12.1 Å². The summed E-state index contributed by atoms with van der Waals surface area (Å²) < 4.78 is 38.5. The zero-order chi connectivity index (χ0) is 17.3. The maximum atomic E-state index is 13.6. The topological polar surface area (TPSA) is 81.1 Å². The summed E-state index contributed by atoms with van der Waals surface area (Å²) in [5.74, 6) is -0.910. The molecular weight excluding hydrogens is 333 g/mol. The number of carbonyl (C=O) groups is 1. The number of hydrogen-bond donors (Lipinski definition) is 1. The Hall–Kier alpha value is -2.22. The molecule has 0 bridgehead atoms. The summed E-state index contributed by atoms with van der Waals surface area (Å²) in [5, 5.41) is 2.83. The first kappa shape index (κ1) is 16.6. The van der Waals surface area contributed by atoms with Crippen molar-refractivity contribution in [3.8, 4) is 0 Å². The van der Waals surface area contributed by atoms with Crippen molar-refractivity contribution in [1.29, 1.82) is 0 Å². The highest BCUT2D eigenvalue weighted by molar-refractivity contribution is 7.91. The van der Waals surface area contributed by atoms with Crippen LogP contribution in [0, 0.1) is 11.7 Å². The van der Waals surface area contributed by atoms with Gasteiger partial charge < -0.3 is 9.88 Å². The van der Waals surface area contributed by atoms with E-state index >= 15 is 0 Å². The molecule has 6 nitrogen and oxygen atoms in total. The number of nitrogens with zero attached hydrogens (tertiary/aromatic N) is 2. The minimum absolute atomic E-state index is 0.0259. The molecule has 0 aliphatic carbocycles. The van der Waals surface area contributed by atoms with Crippen molar-refractivity contribution in [2.75, 3.05) is 11.5 Å². The van der Waals surface area contributed by atoms with Gasteiger partial charge in [0.1, 0.15) is 17.7 Å². The number of aryl methyl sites for hydroxylation is 1. The molecule has 2 atom stereocenters. The standard InChI is InChI=1S/C16H18FN3O3S/c1-20-7-6-18-15(20)14(11-3-2-4-13(17)9-11)19-16(21)12-5-8-24(22,23)10-12/h2-4,6-7,9,12,14H,5,8,10H2,1H3,(H,19,21)/t12-,14-/m1/s1.